The Morgan fingerprint density at radius 2 is 1.74 bits per heavy atom. The lowest BCUT2D eigenvalue weighted by Gasteiger charge is -2.31. The maximum absolute atomic E-state index is 12.6. The van der Waals surface area contributed by atoms with Crippen molar-refractivity contribution in [2.45, 2.75) is 32.0 Å². The Hall–Kier alpha value is -0.550. The quantitative estimate of drug-likeness (QED) is 0.693. The van der Waals surface area contributed by atoms with Crippen molar-refractivity contribution in [3.05, 3.63) is 35.9 Å². The number of alkyl halides is 4. The van der Waals surface area contributed by atoms with E-state index < -0.39 is 12.7 Å². The predicted molar refractivity (Wildman–Crippen MR) is 75.7 cm³/mol. The van der Waals surface area contributed by atoms with Crippen LogP contribution in [0.3, 0.4) is 0 Å². The van der Waals surface area contributed by atoms with E-state index in [9.17, 15) is 13.2 Å². The van der Waals surface area contributed by atoms with Crippen LogP contribution in [0.1, 0.15) is 25.3 Å². The Labute approximate surface area is 120 Å². The van der Waals surface area contributed by atoms with Crippen molar-refractivity contribution in [1.29, 1.82) is 0 Å². The van der Waals surface area contributed by atoms with Gasteiger partial charge < -0.3 is 0 Å². The second-order valence-corrected chi connectivity index (χ2v) is 5.55. The molecule has 0 amide bonds. The number of hydrogen-bond acceptors (Lipinski definition) is 1. The highest BCUT2D eigenvalue weighted by Gasteiger charge is 2.32. The van der Waals surface area contributed by atoms with E-state index in [-0.39, 0.29) is 12.0 Å². The summed E-state index contributed by atoms with van der Waals surface area (Å²) in [6, 6.07) is 9.51. The van der Waals surface area contributed by atoms with Crippen LogP contribution in [0.15, 0.2) is 30.3 Å². The van der Waals surface area contributed by atoms with Gasteiger partial charge >= 0.3 is 6.18 Å². The van der Waals surface area contributed by atoms with Crippen LogP contribution in [-0.2, 0) is 0 Å². The van der Waals surface area contributed by atoms with Crippen molar-refractivity contribution in [1.82, 2.24) is 4.90 Å². The zero-order valence-corrected chi connectivity index (χ0v) is 12.7. The van der Waals surface area contributed by atoms with E-state index in [4.69, 9.17) is 0 Å². The Morgan fingerprint density at radius 1 is 1.16 bits per heavy atom. The molecule has 1 aromatic rings. The molecule has 1 unspecified atom stereocenters. The number of nitrogens with zero attached hydrogens (tertiary/aromatic N) is 1. The van der Waals surface area contributed by atoms with Gasteiger partial charge in [0.2, 0.25) is 0 Å². The fourth-order valence-corrected chi connectivity index (χ4v) is 2.52. The maximum atomic E-state index is 12.6. The third-order valence-corrected chi connectivity index (χ3v) is 3.81. The average Bonchev–Trinajstić information content (AvgIpc) is 2.33. The summed E-state index contributed by atoms with van der Waals surface area (Å²) in [6.07, 6.45) is -4.15. The van der Waals surface area contributed by atoms with E-state index in [1.807, 2.05) is 30.3 Å². The van der Waals surface area contributed by atoms with E-state index in [1.165, 1.54) is 4.90 Å². The molecule has 0 aliphatic carbocycles. The zero-order valence-electron chi connectivity index (χ0n) is 11.1. The molecular formula is C14H19BrF3N. The van der Waals surface area contributed by atoms with E-state index in [0.29, 0.717) is 11.9 Å². The average molecular weight is 338 g/mol. The molecule has 0 fully saturated rings. The van der Waals surface area contributed by atoms with Crippen molar-refractivity contribution >= 4 is 15.9 Å². The van der Waals surface area contributed by atoms with Gasteiger partial charge in [-0.25, -0.2) is 0 Å². The standard InChI is InChI=1S/C14H19BrF3N/c1-11(2)19(10-14(16,17)18)9-13(8-15)12-6-4-3-5-7-12/h3-7,11,13H,8-10H2,1-2H3. The fourth-order valence-electron chi connectivity index (χ4n) is 1.94. The van der Waals surface area contributed by atoms with Crippen LogP contribution in [0.5, 0.6) is 0 Å². The van der Waals surface area contributed by atoms with Gasteiger partial charge in [-0.15, -0.1) is 0 Å². The van der Waals surface area contributed by atoms with Crippen molar-refractivity contribution in [3.8, 4) is 0 Å². The summed E-state index contributed by atoms with van der Waals surface area (Å²) in [7, 11) is 0. The van der Waals surface area contributed by atoms with Crippen LogP contribution in [0.2, 0.25) is 0 Å². The number of benzene rings is 1. The molecule has 5 heteroatoms. The molecule has 0 bridgehead atoms. The first-order valence-corrected chi connectivity index (χ1v) is 7.37. The topological polar surface area (TPSA) is 3.24 Å². The summed E-state index contributed by atoms with van der Waals surface area (Å²) in [4.78, 5) is 1.47. The molecule has 1 aromatic carbocycles. The van der Waals surface area contributed by atoms with Crippen molar-refractivity contribution in [2.75, 3.05) is 18.4 Å². The molecule has 0 radical (unpaired) electrons. The van der Waals surface area contributed by atoms with Gasteiger partial charge in [-0.3, -0.25) is 4.90 Å². The van der Waals surface area contributed by atoms with Crippen LogP contribution >= 0.6 is 15.9 Å². The Balaban J connectivity index is 2.76. The van der Waals surface area contributed by atoms with Gasteiger partial charge in [-0.05, 0) is 19.4 Å². The third-order valence-electron chi connectivity index (χ3n) is 3.02. The number of hydrogen-bond donors (Lipinski definition) is 0. The minimum absolute atomic E-state index is 0.0611. The van der Waals surface area contributed by atoms with Crippen LogP contribution in [-0.4, -0.2) is 35.5 Å². The van der Waals surface area contributed by atoms with Gasteiger partial charge in [0.05, 0.1) is 6.54 Å². The molecule has 19 heavy (non-hydrogen) atoms. The Morgan fingerprint density at radius 3 is 2.16 bits per heavy atom. The minimum Gasteiger partial charge on any atom is -0.292 e. The first-order chi connectivity index (χ1) is 8.83. The molecule has 0 spiro atoms. The van der Waals surface area contributed by atoms with Crippen molar-refractivity contribution in [3.63, 3.8) is 0 Å². The monoisotopic (exact) mass is 337 g/mol. The Bertz CT molecular complexity index is 365. The highest BCUT2D eigenvalue weighted by molar-refractivity contribution is 9.09. The molecular weight excluding hydrogens is 319 g/mol. The molecule has 1 rings (SSSR count). The lowest BCUT2D eigenvalue weighted by molar-refractivity contribution is -0.149. The third kappa shape index (κ3) is 5.95. The van der Waals surface area contributed by atoms with Crippen molar-refractivity contribution in [2.24, 2.45) is 0 Å². The summed E-state index contributed by atoms with van der Waals surface area (Å²) in [5, 5.41) is 0.651. The lowest BCUT2D eigenvalue weighted by Crippen LogP contribution is -2.41. The molecule has 0 heterocycles. The van der Waals surface area contributed by atoms with Gasteiger partial charge in [0.25, 0.3) is 0 Å². The van der Waals surface area contributed by atoms with Crippen LogP contribution in [0.4, 0.5) is 13.2 Å². The van der Waals surface area contributed by atoms with Gasteiger partial charge in [0, 0.05) is 23.8 Å². The van der Waals surface area contributed by atoms with Crippen LogP contribution in [0.25, 0.3) is 0 Å². The molecule has 108 valence electrons. The van der Waals surface area contributed by atoms with E-state index >= 15 is 0 Å². The highest BCUT2D eigenvalue weighted by Crippen LogP contribution is 2.24. The van der Waals surface area contributed by atoms with Gasteiger partial charge in [-0.2, -0.15) is 13.2 Å². The molecule has 1 nitrogen and oxygen atoms in total. The first-order valence-electron chi connectivity index (χ1n) is 6.25. The van der Waals surface area contributed by atoms with Gasteiger partial charge in [-0.1, -0.05) is 46.3 Å². The summed E-state index contributed by atoms with van der Waals surface area (Å²) in [5.74, 6) is 0.0611. The Kier molecular flexibility index (Phi) is 6.33. The summed E-state index contributed by atoms with van der Waals surface area (Å²) in [5.41, 5.74) is 1.06. The molecule has 0 saturated heterocycles. The SMILES string of the molecule is CC(C)N(CC(CBr)c1ccccc1)CC(F)(F)F. The molecule has 0 aliphatic rings. The van der Waals surface area contributed by atoms with Crippen LogP contribution < -0.4 is 0 Å². The number of rotatable bonds is 6. The predicted octanol–water partition coefficient (Wildman–Crippen LogP) is 4.44. The summed E-state index contributed by atoms with van der Waals surface area (Å²) >= 11 is 3.40. The first kappa shape index (κ1) is 16.5. The molecule has 0 saturated carbocycles. The van der Waals surface area contributed by atoms with E-state index in [1.54, 1.807) is 13.8 Å². The van der Waals surface area contributed by atoms with Gasteiger partial charge in [0.1, 0.15) is 0 Å². The van der Waals surface area contributed by atoms with E-state index in [2.05, 4.69) is 15.9 Å². The molecule has 0 aliphatic heterocycles. The summed E-state index contributed by atoms with van der Waals surface area (Å²) < 4.78 is 37.7. The second kappa shape index (κ2) is 7.29. The van der Waals surface area contributed by atoms with E-state index in [0.717, 1.165) is 5.56 Å². The molecule has 1 atom stereocenters. The fraction of sp³-hybridized carbons (Fsp3) is 0.571. The summed E-state index contributed by atoms with van der Waals surface area (Å²) in [6.45, 7) is 3.12. The van der Waals surface area contributed by atoms with Gasteiger partial charge in [0.15, 0.2) is 0 Å². The second-order valence-electron chi connectivity index (χ2n) is 4.90. The van der Waals surface area contributed by atoms with Crippen molar-refractivity contribution < 1.29 is 13.2 Å². The zero-order chi connectivity index (χ0) is 14.5. The van der Waals surface area contributed by atoms with Crippen LogP contribution in [0, 0.1) is 0 Å². The smallest absolute Gasteiger partial charge is 0.292 e. The number of halogens is 4. The normalized spacial score (nSPS) is 14.1. The molecule has 0 N–H and O–H groups in total. The highest BCUT2D eigenvalue weighted by atomic mass is 79.9. The maximum Gasteiger partial charge on any atom is 0.401 e. The largest absolute Gasteiger partial charge is 0.401 e. The minimum atomic E-state index is -4.15. The lowest BCUT2D eigenvalue weighted by atomic mass is 10.00. The molecule has 0 aromatic heterocycles.